The smallest absolute Gasteiger partial charge is 0.256 e. The molecule has 1 unspecified atom stereocenters. The molecule has 0 saturated carbocycles. The van der Waals surface area contributed by atoms with Gasteiger partial charge >= 0.3 is 0 Å². The summed E-state index contributed by atoms with van der Waals surface area (Å²) in [5.74, 6) is 0.0566. The molecule has 4 rings (SSSR count). The fourth-order valence-electron chi connectivity index (χ4n) is 3.40. The summed E-state index contributed by atoms with van der Waals surface area (Å²) in [6, 6.07) is 8.06. The predicted molar refractivity (Wildman–Crippen MR) is 96.1 cm³/mol. The third-order valence-electron chi connectivity index (χ3n) is 4.69. The van der Waals surface area contributed by atoms with Gasteiger partial charge in [0.25, 0.3) is 5.91 Å². The molecule has 1 aromatic heterocycles. The Morgan fingerprint density at radius 1 is 1.39 bits per heavy atom. The summed E-state index contributed by atoms with van der Waals surface area (Å²) in [4.78, 5) is 15.6. The van der Waals surface area contributed by atoms with Crippen LogP contribution in [-0.4, -0.2) is 19.0 Å². The number of nitrogens with one attached hydrogen (secondary N) is 3. The van der Waals surface area contributed by atoms with Gasteiger partial charge in [0.1, 0.15) is 17.7 Å². The summed E-state index contributed by atoms with van der Waals surface area (Å²) >= 11 is 5.25. The van der Waals surface area contributed by atoms with Crippen LogP contribution >= 0.6 is 27.3 Å². The Bertz CT molecular complexity index is 773. The number of anilines is 1. The van der Waals surface area contributed by atoms with Crippen LogP contribution in [-0.2, 0) is 13.0 Å². The lowest BCUT2D eigenvalue weighted by atomic mass is 10.0. The number of hydrogen-bond donors (Lipinski definition) is 3. The Morgan fingerprint density at radius 3 is 3.04 bits per heavy atom. The van der Waals surface area contributed by atoms with E-state index >= 15 is 0 Å². The summed E-state index contributed by atoms with van der Waals surface area (Å²) in [6.45, 7) is 5.53. The number of thiophene rings is 1. The molecular formula is C17H19BrN3OS+. The number of fused-ring (bicyclic) bond motifs is 3. The molecular weight excluding hydrogens is 374 g/mol. The molecule has 0 saturated heterocycles. The van der Waals surface area contributed by atoms with Crippen LogP contribution in [0.25, 0.3) is 0 Å². The van der Waals surface area contributed by atoms with Crippen molar-refractivity contribution in [1.29, 1.82) is 0 Å². The van der Waals surface area contributed by atoms with E-state index in [1.807, 2.05) is 24.3 Å². The van der Waals surface area contributed by atoms with Crippen molar-refractivity contribution < 1.29 is 9.69 Å². The molecule has 3 N–H and O–H groups in total. The second kappa shape index (κ2) is 5.92. The van der Waals surface area contributed by atoms with Crippen LogP contribution in [0, 0.1) is 0 Å². The molecule has 120 valence electrons. The zero-order valence-corrected chi connectivity index (χ0v) is 15.3. The summed E-state index contributed by atoms with van der Waals surface area (Å²) in [5, 5.41) is 7.65. The number of benzene rings is 1. The zero-order valence-electron chi connectivity index (χ0n) is 12.9. The third-order valence-corrected chi connectivity index (χ3v) is 6.35. The van der Waals surface area contributed by atoms with Crippen molar-refractivity contribution >= 4 is 38.2 Å². The molecule has 1 aromatic carbocycles. The second-order valence-corrected chi connectivity index (χ2v) is 8.11. The average molecular weight is 393 g/mol. The highest BCUT2D eigenvalue weighted by molar-refractivity contribution is 9.10. The lowest BCUT2D eigenvalue weighted by molar-refractivity contribution is -0.913. The van der Waals surface area contributed by atoms with Crippen LogP contribution in [0.1, 0.15) is 39.5 Å². The third kappa shape index (κ3) is 2.69. The maximum Gasteiger partial charge on any atom is 0.256 e. The molecule has 2 aromatic rings. The standard InChI is InChI=1S/C17H18BrN3OS/c1-2-21-7-6-12-13(9-21)23-17-14(12)16(22)19-15(20-17)10-4-3-5-11(18)8-10/h3-5,8,15,20H,2,6-7,9H2,1H3,(H,19,22)/p+1/t15-/m0/s1. The van der Waals surface area contributed by atoms with Crippen molar-refractivity contribution in [3.8, 4) is 0 Å². The first-order chi connectivity index (χ1) is 11.2. The first-order valence-corrected chi connectivity index (χ1v) is 9.57. The largest absolute Gasteiger partial charge is 0.353 e. The van der Waals surface area contributed by atoms with Crippen molar-refractivity contribution in [3.05, 3.63) is 50.3 Å². The van der Waals surface area contributed by atoms with Crippen molar-refractivity contribution in [2.24, 2.45) is 0 Å². The minimum atomic E-state index is -0.165. The van der Waals surface area contributed by atoms with E-state index in [1.54, 1.807) is 16.2 Å². The van der Waals surface area contributed by atoms with Crippen LogP contribution in [0.15, 0.2) is 28.7 Å². The number of rotatable bonds is 2. The molecule has 2 atom stereocenters. The number of likely N-dealkylation sites (N-methyl/N-ethyl adjacent to an activating group) is 1. The summed E-state index contributed by atoms with van der Waals surface area (Å²) in [5.41, 5.74) is 3.21. The van der Waals surface area contributed by atoms with Gasteiger partial charge < -0.3 is 15.5 Å². The highest BCUT2D eigenvalue weighted by Crippen LogP contribution is 2.39. The van der Waals surface area contributed by atoms with E-state index in [0.717, 1.165) is 46.7 Å². The number of hydrogen-bond acceptors (Lipinski definition) is 3. The zero-order chi connectivity index (χ0) is 16.0. The molecule has 1 amide bonds. The van der Waals surface area contributed by atoms with Crippen LogP contribution in [0.4, 0.5) is 5.00 Å². The second-order valence-electron chi connectivity index (χ2n) is 6.09. The SMILES string of the molecule is CC[NH+]1CCc2c(sc3c2C(=O)N[C@H](c2cccc(Br)c2)N3)C1. The van der Waals surface area contributed by atoms with Crippen LogP contribution < -0.4 is 15.5 Å². The summed E-state index contributed by atoms with van der Waals surface area (Å²) < 4.78 is 1.02. The van der Waals surface area contributed by atoms with E-state index in [2.05, 4.69) is 33.5 Å². The Morgan fingerprint density at radius 2 is 2.26 bits per heavy atom. The fraction of sp³-hybridized carbons (Fsp3) is 0.353. The summed E-state index contributed by atoms with van der Waals surface area (Å²) in [6.07, 6.45) is 0.836. The van der Waals surface area contributed by atoms with Gasteiger partial charge in [0.15, 0.2) is 0 Å². The molecule has 3 heterocycles. The number of halogens is 1. The van der Waals surface area contributed by atoms with E-state index in [0.29, 0.717) is 0 Å². The maximum absolute atomic E-state index is 12.7. The molecule has 2 aliphatic rings. The lowest BCUT2D eigenvalue weighted by Gasteiger charge is -2.27. The van der Waals surface area contributed by atoms with Gasteiger partial charge in [-0.2, -0.15) is 0 Å². The Balaban J connectivity index is 1.68. The topological polar surface area (TPSA) is 45.6 Å². The molecule has 23 heavy (non-hydrogen) atoms. The Labute approximate surface area is 148 Å². The van der Waals surface area contributed by atoms with Crippen molar-refractivity contribution in [1.82, 2.24) is 5.32 Å². The monoisotopic (exact) mass is 392 g/mol. The quantitative estimate of drug-likeness (QED) is 0.734. The molecule has 0 fully saturated rings. The van der Waals surface area contributed by atoms with E-state index in [1.165, 1.54) is 10.4 Å². The minimum absolute atomic E-state index is 0.0566. The van der Waals surface area contributed by atoms with Crippen molar-refractivity contribution in [3.63, 3.8) is 0 Å². The Hall–Kier alpha value is -1.37. The first-order valence-electron chi connectivity index (χ1n) is 7.96. The molecule has 0 radical (unpaired) electrons. The normalized spacial score (nSPS) is 22.8. The fourth-order valence-corrected chi connectivity index (χ4v) is 5.17. The van der Waals surface area contributed by atoms with Gasteiger partial charge in [0, 0.05) is 10.9 Å². The van der Waals surface area contributed by atoms with Gasteiger partial charge in [-0.1, -0.05) is 28.1 Å². The van der Waals surface area contributed by atoms with Crippen LogP contribution in [0.5, 0.6) is 0 Å². The van der Waals surface area contributed by atoms with E-state index < -0.39 is 0 Å². The van der Waals surface area contributed by atoms with E-state index in [-0.39, 0.29) is 12.1 Å². The van der Waals surface area contributed by atoms with Gasteiger partial charge in [0.05, 0.1) is 23.5 Å². The van der Waals surface area contributed by atoms with Gasteiger partial charge in [-0.15, -0.1) is 11.3 Å². The molecule has 4 nitrogen and oxygen atoms in total. The van der Waals surface area contributed by atoms with Gasteiger partial charge in [-0.3, -0.25) is 4.79 Å². The van der Waals surface area contributed by atoms with E-state index in [4.69, 9.17) is 0 Å². The summed E-state index contributed by atoms with van der Waals surface area (Å²) in [7, 11) is 0. The lowest BCUT2D eigenvalue weighted by Crippen LogP contribution is -3.11. The average Bonchev–Trinajstić information content (AvgIpc) is 2.92. The van der Waals surface area contributed by atoms with E-state index in [9.17, 15) is 4.79 Å². The number of carbonyl (C=O) groups excluding carboxylic acids is 1. The van der Waals surface area contributed by atoms with Crippen molar-refractivity contribution in [2.45, 2.75) is 26.1 Å². The molecule has 2 aliphatic heterocycles. The van der Waals surface area contributed by atoms with Crippen LogP contribution in [0.2, 0.25) is 0 Å². The highest BCUT2D eigenvalue weighted by atomic mass is 79.9. The van der Waals surface area contributed by atoms with Crippen LogP contribution in [0.3, 0.4) is 0 Å². The maximum atomic E-state index is 12.7. The van der Waals surface area contributed by atoms with Gasteiger partial charge in [-0.05, 0) is 30.2 Å². The van der Waals surface area contributed by atoms with Gasteiger partial charge in [-0.25, -0.2) is 0 Å². The predicted octanol–water partition coefficient (Wildman–Crippen LogP) is 2.33. The Kier molecular flexibility index (Phi) is 3.91. The first kappa shape index (κ1) is 15.2. The molecule has 6 heteroatoms. The number of amides is 1. The minimum Gasteiger partial charge on any atom is -0.353 e. The highest BCUT2D eigenvalue weighted by Gasteiger charge is 2.34. The number of carbonyl (C=O) groups is 1. The molecule has 0 bridgehead atoms. The molecule has 0 aliphatic carbocycles. The number of quaternary nitrogens is 1. The van der Waals surface area contributed by atoms with Gasteiger partial charge in [0.2, 0.25) is 0 Å². The van der Waals surface area contributed by atoms with Crippen molar-refractivity contribution in [2.75, 3.05) is 18.4 Å². The molecule has 0 spiro atoms.